The molecule has 0 aliphatic heterocycles. The molecule has 2 amide bonds. The van der Waals surface area contributed by atoms with Crippen LogP contribution in [0.4, 0.5) is 11.4 Å². The Morgan fingerprint density at radius 2 is 1.59 bits per heavy atom. The molecule has 0 saturated carbocycles. The lowest BCUT2D eigenvalue weighted by Gasteiger charge is -2.09. The number of carbonyl (C=O) groups excluding carboxylic acids is 3. The molecule has 2 aromatic carbocycles. The summed E-state index contributed by atoms with van der Waals surface area (Å²) in [7, 11) is 0. The first-order valence-corrected chi connectivity index (χ1v) is 13.7. The van der Waals surface area contributed by atoms with Crippen LogP contribution in [-0.4, -0.2) is 33.8 Å². The first-order valence-electron chi connectivity index (χ1n) is 12.1. The van der Waals surface area contributed by atoms with Gasteiger partial charge in [-0.15, -0.1) is 0 Å². The van der Waals surface area contributed by atoms with Crippen molar-refractivity contribution in [1.82, 2.24) is 9.38 Å². The molecular formula is C27H24Cl2N4O5S. The minimum atomic E-state index is -0.705. The fourth-order valence-electron chi connectivity index (χ4n) is 3.74. The van der Waals surface area contributed by atoms with Gasteiger partial charge in [0.25, 0.3) is 17.4 Å². The number of halogens is 2. The van der Waals surface area contributed by atoms with Gasteiger partial charge >= 0.3 is 5.97 Å². The average molecular weight is 587 g/mol. The summed E-state index contributed by atoms with van der Waals surface area (Å²) in [4.78, 5) is 56.7. The number of hydrogen-bond donors (Lipinski definition) is 2. The molecule has 0 aliphatic carbocycles. The first kappa shape index (κ1) is 28.3. The monoisotopic (exact) mass is 586 g/mol. The predicted molar refractivity (Wildman–Crippen MR) is 153 cm³/mol. The number of ether oxygens (including phenoxy) is 1. The summed E-state index contributed by atoms with van der Waals surface area (Å²) in [6, 6.07) is 12.0. The number of nitrogens with zero attached hydrogens (tertiary/aromatic N) is 2. The topological polar surface area (TPSA) is 119 Å². The molecule has 9 nitrogen and oxygen atoms in total. The summed E-state index contributed by atoms with van der Waals surface area (Å²) in [5.41, 5.74) is 0.902. The highest BCUT2D eigenvalue weighted by molar-refractivity contribution is 7.19. The number of fused-ring (bicyclic) bond motifs is 1. The van der Waals surface area contributed by atoms with Crippen LogP contribution >= 0.6 is 34.5 Å². The van der Waals surface area contributed by atoms with Crippen molar-refractivity contribution in [2.75, 3.05) is 17.2 Å². The normalized spacial score (nSPS) is 10.9. The largest absolute Gasteiger partial charge is 0.462 e. The average Bonchev–Trinajstić information content (AvgIpc) is 3.28. The Kier molecular flexibility index (Phi) is 9.01. The number of thiazole rings is 1. The van der Waals surface area contributed by atoms with Crippen molar-refractivity contribution in [3.63, 3.8) is 0 Å². The van der Waals surface area contributed by atoms with E-state index in [2.05, 4.69) is 15.6 Å². The predicted octanol–water partition coefficient (Wildman–Crippen LogP) is 6.09. The number of hydrogen-bond acceptors (Lipinski definition) is 7. The van der Waals surface area contributed by atoms with Crippen LogP contribution in [-0.2, 0) is 11.2 Å². The molecule has 4 rings (SSSR count). The molecule has 0 saturated heterocycles. The highest BCUT2D eigenvalue weighted by Gasteiger charge is 2.27. The Morgan fingerprint density at radius 3 is 2.23 bits per heavy atom. The Bertz CT molecular complexity index is 1590. The lowest BCUT2D eigenvalue weighted by atomic mass is 10.2. The standard InChI is InChI=1S/C27H24Cl2N4O5S/c1-3-5-19-14-21(34)33-22(24(35)30-18-8-6-15(7-9-18)26(37)38-10-4-2)23(39-27(33)32-19)25(36)31-20-12-16(28)11-17(29)13-20/h6-9,11-14H,3-5,10H2,1-2H3,(H,30,35)(H,31,36). The molecule has 2 N–H and O–H groups in total. The van der Waals surface area contributed by atoms with Crippen LogP contribution in [0.15, 0.2) is 53.3 Å². The highest BCUT2D eigenvalue weighted by atomic mass is 35.5. The van der Waals surface area contributed by atoms with Crippen molar-refractivity contribution in [3.05, 3.63) is 90.8 Å². The number of anilines is 2. The van der Waals surface area contributed by atoms with Gasteiger partial charge in [0.05, 0.1) is 12.2 Å². The van der Waals surface area contributed by atoms with E-state index in [1.54, 1.807) is 0 Å². The van der Waals surface area contributed by atoms with Gasteiger partial charge in [0, 0.05) is 33.2 Å². The van der Waals surface area contributed by atoms with E-state index < -0.39 is 23.3 Å². The van der Waals surface area contributed by atoms with Crippen molar-refractivity contribution in [2.45, 2.75) is 33.1 Å². The molecule has 0 aliphatic rings. The van der Waals surface area contributed by atoms with E-state index in [1.807, 2.05) is 13.8 Å². The van der Waals surface area contributed by atoms with E-state index >= 15 is 0 Å². The van der Waals surface area contributed by atoms with Crippen molar-refractivity contribution in [3.8, 4) is 0 Å². The minimum absolute atomic E-state index is 0.0263. The molecule has 0 radical (unpaired) electrons. The lowest BCUT2D eigenvalue weighted by Crippen LogP contribution is -2.25. The van der Waals surface area contributed by atoms with E-state index in [-0.39, 0.29) is 15.5 Å². The molecular weight excluding hydrogens is 563 g/mol. The number of rotatable bonds is 9. The molecule has 4 aromatic rings. The van der Waals surface area contributed by atoms with E-state index in [4.69, 9.17) is 27.9 Å². The number of amides is 2. The van der Waals surface area contributed by atoms with E-state index in [0.29, 0.717) is 52.1 Å². The zero-order valence-electron chi connectivity index (χ0n) is 21.0. The van der Waals surface area contributed by atoms with E-state index in [1.165, 1.54) is 48.5 Å². The van der Waals surface area contributed by atoms with Gasteiger partial charge in [-0.3, -0.25) is 14.4 Å². The van der Waals surface area contributed by atoms with E-state index in [9.17, 15) is 19.2 Å². The SMILES string of the molecule is CCCOC(=O)c1ccc(NC(=O)c2c(C(=O)Nc3cc(Cl)cc(Cl)c3)sc3nc(CCC)cc(=O)n23)cc1. The number of esters is 1. The summed E-state index contributed by atoms with van der Waals surface area (Å²) in [6.07, 6.45) is 2.04. The van der Waals surface area contributed by atoms with Crippen molar-refractivity contribution < 1.29 is 19.1 Å². The third kappa shape index (κ3) is 6.65. The van der Waals surface area contributed by atoms with Crippen LogP contribution in [0.25, 0.3) is 4.96 Å². The molecule has 0 spiro atoms. The summed E-state index contributed by atoms with van der Waals surface area (Å²) in [5, 5.41) is 6.01. The van der Waals surface area contributed by atoms with Crippen LogP contribution in [0, 0.1) is 0 Å². The summed E-state index contributed by atoms with van der Waals surface area (Å²) in [5.74, 6) is -1.82. The molecule has 2 aromatic heterocycles. The maximum Gasteiger partial charge on any atom is 0.338 e. The second-order valence-electron chi connectivity index (χ2n) is 8.51. The van der Waals surface area contributed by atoms with Crippen LogP contribution < -0.4 is 16.2 Å². The smallest absolute Gasteiger partial charge is 0.338 e. The van der Waals surface area contributed by atoms with Gasteiger partial charge in [-0.05, 0) is 55.3 Å². The van der Waals surface area contributed by atoms with Gasteiger partial charge in [0.15, 0.2) is 4.96 Å². The summed E-state index contributed by atoms with van der Waals surface area (Å²) >= 11 is 13.0. The summed E-state index contributed by atoms with van der Waals surface area (Å²) < 4.78 is 6.24. The Labute approximate surface area is 237 Å². The first-order chi connectivity index (χ1) is 18.7. The minimum Gasteiger partial charge on any atom is -0.462 e. The Balaban J connectivity index is 1.71. The lowest BCUT2D eigenvalue weighted by molar-refractivity contribution is 0.0505. The number of aryl methyl sites for hydroxylation is 1. The van der Waals surface area contributed by atoms with Crippen molar-refractivity contribution in [1.29, 1.82) is 0 Å². The molecule has 0 fully saturated rings. The molecule has 12 heteroatoms. The quantitative estimate of drug-likeness (QED) is 0.229. The van der Waals surface area contributed by atoms with Crippen molar-refractivity contribution in [2.24, 2.45) is 0 Å². The number of nitrogens with one attached hydrogen (secondary N) is 2. The van der Waals surface area contributed by atoms with Crippen LogP contribution in [0.2, 0.25) is 10.0 Å². The van der Waals surface area contributed by atoms with Gasteiger partial charge in [0.1, 0.15) is 10.6 Å². The molecule has 0 atom stereocenters. The third-order valence-corrected chi connectivity index (χ3v) is 6.91. The second kappa shape index (κ2) is 12.4. The summed E-state index contributed by atoms with van der Waals surface area (Å²) in [6.45, 7) is 4.16. The fraction of sp³-hybridized carbons (Fsp3) is 0.222. The van der Waals surface area contributed by atoms with Gasteiger partial charge in [-0.1, -0.05) is 54.8 Å². The maximum absolute atomic E-state index is 13.5. The Hall–Kier alpha value is -3.73. The zero-order valence-corrected chi connectivity index (χ0v) is 23.4. The molecule has 2 heterocycles. The second-order valence-corrected chi connectivity index (χ2v) is 10.4. The molecule has 0 bridgehead atoms. The maximum atomic E-state index is 13.5. The van der Waals surface area contributed by atoms with Gasteiger partial charge < -0.3 is 15.4 Å². The molecule has 202 valence electrons. The number of benzene rings is 2. The van der Waals surface area contributed by atoms with Gasteiger partial charge in [0.2, 0.25) is 0 Å². The molecule has 39 heavy (non-hydrogen) atoms. The van der Waals surface area contributed by atoms with Gasteiger partial charge in [-0.25, -0.2) is 14.2 Å². The fourth-order valence-corrected chi connectivity index (χ4v) is 5.31. The van der Waals surface area contributed by atoms with Crippen LogP contribution in [0.3, 0.4) is 0 Å². The zero-order chi connectivity index (χ0) is 28.1. The molecule has 0 unspecified atom stereocenters. The van der Waals surface area contributed by atoms with Crippen LogP contribution in [0.5, 0.6) is 0 Å². The van der Waals surface area contributed by atoms with Crippen LogP contribution in [0.1, 0.15) is 62.9 Å². The van der Waals surface area contributed by atoms with Gasteiger partial charge in [-0.2, -0.15) is 0 Å². The third-order valence-electron chi connectivity index (χ3n) is 5.44. The van der Waals surface area contributed by atoms with Crippen molar-refractivity contribution >= 4 is 68.7 Å². The highest BCUT2D eigenvalue weighted by Crippen LogP contribution is 2.27. The Morgan fingerprint density at radius 1 is 0.923 bits per heavy atom. The van der Waals surface area contributed by atoms with E-state index in [0.717, 1.165) is 22.2 Å². The number of carbonyl (C=O) groups is 3. The number of aromatic nitrogens is 2.